The number of anilines is 2. The predicted octanol–water partition coefficient (Wildman–Crippen LogP) is 6.62. The van der Waals surface area contributed by atoms with Gasteiger partial charge in [0.1, 0.15) is 17.9 Å². The average molecular weight is 421 g/mol. The molecule has 0 saturated carbocycles. The zero-order valence-electron chi connectivity index (χ0n) is 17.1. The first-order valence-corrected chi connectivity index (χ1v) is 10.2. The smallest absolute Gasteiger partial charge is 0.277 e. The van der Waals surface area contributed by atoms with E-state index in [1.807, 2.05) is 66.7 Å². The van der Waals surface area contributed by atoms with Crippen LogP contribution in [0.15, 0.2) is 97.2 Å². The quantitative estimate of drug-likeness (QED) is 0.246. The molecule has 0 unspecified atom stereocenters. The van der Waals surface area contributed by atoms with Crippen LogP contribution in [0.3, 0.4) is 0 Å². The number of ether oxygens (including phenoxy) is 1. The van der Waals surface area contributed by atoms with Gasteiger partial charge in [-0.1, -0.05) is 48.5 Å². The summed E-state index contributed by atoms with van der Waals surface area (Å²) in [4.78, 5) is 15.6. The minimum Gasteiger partial charge on any atom is -0.487 e. The molecule has 32 heavy (non-hydrogen) atoms. The van der Waals surface area contributed by atoms with Gasteiger partial charge in [0.25, 0.3) is 5.69 Å². The maximum Gasteiger partial charge on any atom is 0.277 e. The number of nitrogens with zero attached hydrogens (tertiary/aromatic N) is 2. The van der Waals surface area contributed by atoms with Gasteiger partial charge in [0.05, 0.1) is 10.3 Å². The molecule has 1 heterocycles. The molecule has 0 bridgehead atoms. The van der Waals surface area contributed by atoms with Crippen LogP contribution in [0.4, 0.5) is 17.1 Å². The Labute approximate surface area is 184 Å². The predicted molar refractivity (Wildman–Crippen MR) is 126 cm³/mol. The van der Waals surface area contributed by atoms with Gasteiger partial charge in [-0.2, -0.15) is 0 Å². The van der Waals surface area contributed by atoms with E-state index in [0.29, 0.717) is 17.7 Å². The fraction of sp³-hybridized carbons (Fsp3) is 0.0385. The highest BCUT2D eigenvalue weighted by Gasteiger charge is 2.15. The van der Waals surface area contributed by atoms with Crippen LogP contribution in [0.2, 0.25) is 0 Å². The SMILES string of the molecule is O=[N+]([O-])c1ccc(Nc2ccc(OCc3ccccc3)c3ncccc23)c2ccccc12. The fourth-order valence-electron chi connectivity index (χ4n) is 3.80. The number of nitro benzene ring substituents is 1. The Bertz CT molecular complexity index is 1430. The number of fused-ring (bicyclic) bond motifs is 2. The summed E-state index contributed by atoms with van der Waals surface area (Å²) in [6.45, 7) is 0.451. The summed E-state index contributed by atoms with van der Waals surface area (Å²) >= 11 is 0. The number of nitro groups is 1. The van der Waals surface area contributed by atoms with Gasteiger partial charge in [0.2, 0.25) is 0 Å². The molecule has 0 aliphatic heterocycles. The minimum absolute atomic E-state index is 0.0855. The highest BCUT2D eigenvalue weighted by molar-refractivity contribution is 6.03. The second kappa shape index (κ2) is 8.35. The number of hydrogen-bond donors (Lipinski definition) is 1. The Morgan fingerprint density at radius 3 is 2.28 bits per heavy atom. The Balaban J connectivity index is 1.52. The highest BCUT2D eigenvalue weighted by atomic mass is 16.6. The van der Waals surface area contributed by atoms with Gasteiger partial charge in [-0.3, -0.25) is 15.1 Å². The van der Waals surface area contributed by atoms with Crippen molar-refractivity contribution in [2.75, 3.05) is 5.32 Å². The van der Waals surface area contributed by atoms with E-state index in [2.05, 4.69) is 10.3 Å². The summed E-state index contributed by atoms with van der Waals surface area (Å²) in [7, 11) is 0. The maximum atomic E-state index is 11.4. The van der Waals surface area contributed by atoms with E-state index < -0.39 is 0 Å². The first kappa shape index (κ1) is 19.5. The van der Waals surface area contributed by atoms with E-state index in [1.165, 1.54) is 6.07 Å². The monoisotopic (exact) mass is 421 g/mol. The van der Waals surface area contributed by atoms with E-state index in [-0.39, 0.29) is 10.6 Å². The van der Waals surface area contributed by atoms with Crippen LogP contribution in [-0.2, 0) is 6.61 Å². The van der Waals surface area contributed by atoms with Crippen molar-refractivity contribution >= 4 is 38.7 Å². The molecule has 0 aliphatic rings. The fourth-order valence-corrected chi connectivity index (χ4v) is 3.80. The van der Waals surface area contributed by atoms with Crippen molar-refractivity contribution in [1.82, 2.24) is 4.98 Å². The van der Waals surface area contributed by atoms with E-state index in [9.17, 15) is 10.1 Å². The number of hydrogen-bond acceptors (Lipinski definition) is 5. The molecule has 6 heteroatoms. The van der Waals surface area contributed by atoms with Gasteiger partial charge < -0.3 is 10.1 Å². The lowest BCUT2D eigenvalue weighted by atomic mass is 10.1. The van der Waals surface area contributed by atoms with E-state index >= 15 is 0 Å². The summed E-state index contributed by atoms with van der Waals surface area (Å²) < 4.78 is 6.06. The van der Waals surface area contributed by atoms with Gasteiger partial charge in [-0.25, -0.2) is 0 Å². The zero-order valence-corrected chi connectivity index (χ0v) is 17.1. The van der Waals surface area contributed by atoms with Crippen molar-refractivity contribution in [3.05, 3.63) is 113 Å². The molecule has 0 radical (unpaired) electrons. The highest BCUT2D eigenvalue weighted by Crippen LogP contribution is 2.36. The van der Waals surface area contributed by atoms with Crippen LogP contribution in [0.25, 0.3) is 21.7 Å². The largest absolute Gasteiger partial charge is 0.487 e. The van der Waals surface area contributed by atoms with Crippen LogP contribution in [0, 0.1) is 10.1 Å². The van der Waals surface area contributed by atoms with Crippen molar-refractivity contribution in [2.45, 2.75) is 6.61 Å². The summed E-state index contributed by atoms with van der Waals surface area (Å²) in [6.07, 6.45) is 1.74. The molecule has 1 aromatic heterocycles. The number of rotatable bonds is 6. The second-order valence-electron chi connectivity index (χ2n) is 7.35. The third kappa shape index (κ3) is 3.70. The lowest BCUT2D eigenvalue weighted by molar-refractivity contribution is -0.383. The van der Waals surface area contributed by atoms with Crippen LogP contribution in [0.5, 0.6) is 5.75 Å². The van der Waals surface area contributed by atoms with Crippen molar-refractivity contribution < 1.29 is 9.66 Å². The maximum absolute atomic E-state index is 11.4. The number of non-ortho nitro benzene ring substituents is 1. The second-order valence-corrected chi connectivity index (χ2v) is 7.35. The third-order valence-corrected chi connectivity index (χ3v) is 5.34. The first-order valence-electron chi connectivity index (χ1n) is 10.2. The van der Waals surface area contributed by atoms with E-state index in [1.54, 1.807) is 24.4 Å². The van der Waals surface area contributed by atoms with Gasteiger partial charge in [0.15, 0.2) is 0 Å². The molecule has 1 N–H and O–H groups in total. The molecule has 0 fully saturated rings. The Morgan fingerprint density at radius 2 is 1.47 bits per heavy atom. The lowest BCUT2D eigenvalue weighted by Gasteiger charge is -2.15. The molecule has 6 nitrogen and oxygen atoms in total. The molecule has 0 spiro atoms. The Morgan fingerprint density at radius 1 is 0.781 bits per heavy atom. The molecule has 156 valence electrons. The van der Waals surface area contributed by atoms with Crippen LogP contribution in [0.1, 0.15) is 5.56 Å². The molecule has 0 amide bonds. The van der Waals surface area contributed by atoms with Gasteiger partial charge in [-0.05, 0) is 42.0 Å². The topological polar surface area (TPSA) is 77.3 Å². The van der Waals surface area contributed by atoms with Crippen molar-refractivity contribution in [2.24, 2.45) is 0 Å². The molecule has 4 aromatic carbocycles. The summed E-state index contributed by atoms with van der Waals surface area (Å²) in [6, 6.07) is 28.3. The molecule has 5 rings (SSSR count). The third-order valence-electron chi connectivity index (χ3n) is 5.34. The van der Waals surface area contributed by atoms with Gasteiger partial charge in [-0.15, -0.1) is 0 Å². The number of aromatic nitrogens is 1. The standard InChI is InChI=1S/C26H19N3O3/c30-29(31)24-14-12-22(19-9-4-5-10-20(19)24)28-23-13-15-25(26-21(23)11-6-16-27-26)32-17-18-7-2-1-3-8-18/h1-16,28H,17H2. The molecule has 0 atom stereocenters. The summed E-state index contributed by atoms with van der Waals surface area (Å²) in [5.41, 5.74) is 3.55. The summed E-state index contributed by atoms with van der Waals surface area (Å²) in [5.74, 6) is 0.698. The molecular weight excluding hydrogens is 402 g/mol. The van der Waals surface area contributed by atoms with Crippen LogP contribution in [-0.4, -0.2) is 9.91 Å². The average Bonchev–Trinajstić information content (AvgIpc) is 2.84. The van der Waals surface area contributed by atoms with E-state index in [4.69, 9.17) is 4.74 Å². The normalized spacial score (nSPS) is 10.9. The number of nitrogens with one attached hydrogen (secondary N) is 1. The van der Waals surface area contributed by atoms with Crippen LogP contribution < -0.4 is 10.1 Å². The summed E-state index contributed by atoms with van der Waals surface area (Å²) in [5, 5.41) is 17.1. The first-order chi connectivity index (χ1) is 15.7. The molecule has 0 saturated heterocycles. The molecule has 5 aromatic rings. The van der Waals surface area contributed by atoms with Crippen molar-refractivity contribution in [3.8, 4) is 5.75 Å². The van der Waals surface area contributed by atoms with Crippen LogP contribution >= 0.6 is 0 Å². The van der Waals surface area contributed by atoms with Gasteiger partial charge >= 0.3 is 0 Å². The number of pyridine rings is 1. The van der Waals surface area contributed by atoms with Crippen molar-refractivity contribution in [3.63, 3.8) is 0 Å². The molecule has 0 aliphatic carbocycles. The molecular formula is C26H19N3O3. The zero-order chi connectivity index (χ0) is 21.9. The van der Waals surface area contributed by atoms with Gasteiger partial charge in [0, 0.05) is 34.4 Å². The van der Waals surface area contributed by atoms with Crippen molar-refractivity contribution in [1.29, 1.82) is 0 Å². The Kier molecular flexibility index (Phi) is 5.09. The van der Waals surface area contributed by atoms with E-state index in [0.717, 1.165) is 33.2 Å². The number of benzene rings is 4. The lowest BCUT2D eigenvalue weighted by Crippen LogP contribution is -1.99. The Hall–Kier alpha value is -4.45. The minimum atomic E-state index is -0.357.